The smallest absolute Gasteiger partial charge is 0.255 e. The fraction of sp³-hybridized carbons (Fsp3) is 0.400. The number of halogens is 4. The third-order valence-corrected chi connectivity index (χ3v) is 5.52. The lowest BCUT2D eigenvalue weighted by atomic mass is 9.77. The minimum atomic E-state index is -1.68. The minimum Gasteiger partial charge on any atom is -0.479 e. The summed E-state index contributed by atoms with van der Waals surface area (Å²) in [5.41, 5.74) is 3.84. The van der Waals surface area contributed by atoms with Crippen molar-refractivity contribution >= 4 is 17.8 Å². The van der Waals surface area contributed by atoms with Crippen LogP contribution in [-0.2, 0) is 10.3 Å². The Morgan fingerprint density at radius 2 is 1.81 bits per heavy atom. The summed E-state index contributed by atoms with van der Waals surface area (Å²) in [6.45, 7) is 2.68. The highest BCUT2D eigenvalue weighted by molar-refractivity contribution is 6.00. The van der Waals surface area contributed by atoms with E-state index in [1.807, 2.05) is 0 Å². The first-order valence-electron chi connectivity index (χ1n) is 9.47. The van der Waals surface area contributed by atoms with Crippen LogP contribution in [0, 0.1) is 36.1 Å². The first-order valence-corrected chi connectivity index (χ1v) is 9.47. The normalized spacial score (nSPS) is 20.9. The SMILES string of the molecule is COc1nc(N(C)C[C@H]2C(=O)N(C)C(N)=N[C@]2(C)c2cc(F)c(F)cc2F)nc(C)c1F. The summed E-state index contributed by atoms with van der Waals surface area (Å²) in [4.78, 5) is 27.9. The molecule has 1 aliphatic heterocycles. The van der Waals surface area contributed by atoms with Gasteiger partial charge in [0.15, 0.2) is 17.6 Å². The Labute approximate surface area is 181 Å². The second-order valence-corrected chi connectivity index (χ2v) is 7.63. The van der Waals surface area contributed by atoms with Gasteiger partial charge in [-0.05, 0) is 19.9 Å². The molecule has 0 saturated carbocycles. The lowest BCUT2D eigenvalue weighted by Gasteiger charge is -2.42. The second kappa shape index (κ2) is 8.24. The van der Waals surface area contributed by atoms with Gasteiger partial charge in [0.05, 0.1) is 18.7 Å². The zero-order valence-corrected chi connectivity index (χ0v) is 18.1. The number of aliphatic imine (C=N–C) groups is 1. The zero-order chi connectivity index (χ0) is 24.0. The second-order valence-electron chi connectivity index (χ2n) is 7.63. The fourth-order valence-corrected chi connectivity index (χ4v) is 3.57. The first-order chi connectivity index (χ1) is 14.9. The molecule has 8 nitrogen and oxygen atoms in total. The van der Waals surface area contributed by atoms with Crippen molar-refractivity contribution in [3.63, 3.8) is 0 Å². The molecule has 0 radical (unpaired) electrons. The van der Waals surface area contributed by atoms with E-state index >= 15 is 0 Å². The molecule has 1 aliphatic rings. The number of anilines is 1. The van der Waals surface area contributed by atoms with Crippen LogP contribution >= 0.6 is 0 Å². The number of aryl methyl sites for hydroxylation is 1. The highest BCUT2D eigenvalue weighted by atomic mass is 19.2. The maximum Gasteiger partial charge on any atom is 0.255 e. The van der Waals surface area contributed by atoms with Crippen molar-refractivity contribution in [2.45, 2.75) is 19.4 Å². The van der Waals surface area contributed by atoms with E-state index in [-0.39, 0.29) is 35.6 Å². The summed E-state index contributed by atoms with van der Waals surface area (Å²) in [6.07, 6.45) is 0. The molecule has 172 valence electrons. The molecule has 1 aromatic carbocycles. The van der Waals surface area contributed by atoms with Crippen molar-refractivity contribution in [3.05, 3.63) is 46.7 Å². The van der Waals surface area contributed by atoms with Gasteiger partial charge in [-0.1, -0.05) is 0 Å². The van der Waals surface area contributed by atoms with Crippen molar-refractivity contribution in [1.29, 1.82) is 0 Å². The van der Waals surface area contributed by atoms with Gasteiger partial charge in [0, 0.05) is 32.3 Å². The van der Waals surface area contributed by atoms with Crippen molar-refractivity contribution in [2.75, 3.05) is 32.6 Å². The molecule has 0 unspecified atom stereocenters. The van der Waals surface area contributed by atoms with Crippen LogP contribution in [0.25, 0.3) is 0 Å². The van der Waals surface area contributed by atoms with E-state index in [1.54, 1.807) is 0 Å². The number of carbonyl (C=O) groups is 1. The lowest BCUT2D eigenvalue weighted by molar-refractivity contribution is -0.133. The van der Waals surface area contributed by atoms with Gasteiger partial charge >= 0.3 is 0 Å². The summed E-state index contributed by atoms with van der Waals surface area (Å²) in [5.74, 6) is -6.59. The number of nitrogens with zero attached hydrogens (tertiary/aromatic N) is 5. The summed E-state index contributed by atoms with van der Waals surface area (Å²) >= 11 is 0. The number of methoxy groups -OCH3 is 1. The lowest BCUT2D eigenvalue weighted by Crippen LogP contribution is -2.56. The summed E-state index contributed by atoms with van der Waals surface area (Å²) in [6, 6.07) is 1.05. The fourth-order valence-electron chi connectivity index (χ4n) is 3.57. The Kier molecular flexibility index (Phi) is 5.98. The van der Waals surface area contributed by atoms with E-state index in [0.717, 1.165) is 4.90 Å². The number of amides is 1. The molecule has 0 bridgehead atoms. The van der Waals surface area contributed by atoms with Crippen LogP contribution in [0.3, 0.4) is 0 Å². The standard InChI is InChI=1S/C20H22F4N6O2/c1-9-15(24)16(32-5)27-19(26-9)29(3)8-11-17(31)30(4)18(25)28-20(11,2)10-6-13(22)14(23)7-12(10)21/h6-7,11H,8H2,1-5H3,(H2,25,28)/t11-,20+/m0/s1. The average molecular weight is 454 g/mol. The third-order valence-electron chi connectivity index (χ3n) is 5.52. The van der Waals surface area contributed by atoms with Gasteiger partial charge < -0.3 is 15.4 Å². The van der Waals surface area contributed by atoms with Crippen LogP contribution in [0.5, 0.6) is 5.88 Å². The summed E-state index contributed by atoms with van der Waals surface area (Å²) < 4.78 is 61.2. The van der Waals surface area contributed by atoms with E-state index in [1.165, 1.54) is 40.0 Å². The van der Waals surface area contributed by atoms with Gasteiger partial charge in [-0.15, -0.1) is 0 Å². The van der Waals surface area contributed by atoms with E-state index in [9.17, 15) is 22.4 Å². The Morgan fingerprint density at radius 1 is 1.19 bits per heavy atom. The number of benzene rings is 1. The van der Waals surface area contributed by atoms with Gasteiger partial charge in [-0.2, -0.15) is 9.37 Å². The molecule has 2 heterocycles. The summed E-state index contributed by atoms with van der Waals surface area (Å²) in [7, 11) is 4.16. The molecule has 32 heavy (non-hydrogen) atoms. The highest BCUT2D eigenvalue weighted by Crippen LogP contribution is 2.40. The van der Waals surface area contributed by atoms with E-state index < -0.39 is 40.6 Å². The molecule has 0 fully saturated rings. The maximum absolute atomic E-state index is 14.7. The average Bonchev–Trinajstić information content (AvgIpc) is 2.73. The van der Waals surface area contributed by atoms with Crippen molar-refractivity contribution in [2.24, 2.45) is 16.6 Å². The topological polar surface area (TPSA) is 96.9 Å². The van der Waals surface area contributed by atoms with Crippen LogP contribution in [0.2, 0.25) is 0 Å². The number of aromatic nitrogens is 2. The molecule has 3 rings (SSSR count). The molecule has 12 heteroatoms. The van der Waals surface area contributed by atoms with Crippen molar-refractivity contribution < 1.29 is 27.1 Å². The van der Waals surface area contributed by atoms with Gasteiger partial charge in [0.1, 0.15) is 11.4 Å². The van der Waals surface area contributed by atoms with Gasteiger partial charge in [0.2, 0.25) is 17.7 Å². The number of carbonyl (C=O) groups excluding carboxylic acids is 1. The molecule has 0 aliphatic carbocycles. The summed E-state index contributed by atoms with van der Waals surface area (Å²) in [5, 5.41) is 0. The molecule has 0 spiro atoms. The molecule has 2 aromatic rings. The van der Waals surface area contributed by atoms with Crippen LogP contribution in [-0.4, -0.2) is 54.5 Å². The highest BCUT2D eigenvalue weighted by Gasteiger charge is 2.48. The number of hydrogen-bond acceptors (Lipinski definition) is 7. The van der Waals surface area contributed by atoms with E-state index in [2.05, 4.69) is 15.0 Å². The van der Waals surface area contributed by atoms with Gasteiger partial charge in [0.25, 0.3) is 5.88 Å². The number of hydrogen-bond donors (Lipinski definition) is 1. The number of rotatable bonds is 5. The largest absolute Gasteiger partial charge is 0.479 e. The Balaban J connectivity index is 2.09. The zero-order valence-electron chi connectivity index (χ0n) is 18.1. The van der Waals surface area contributed by atoms with Crippen LogP contribution in [0.1, 0.15) is 18.2 Å². The Morgan fingerprint density at radius 3 is 2.44 bits per heavy atom. The number of nitrogens with two attached hydrogens (primary N) is 1. The molecule has 1 amide bonds. The van der Waals surface area contributed by atoms with Crippen LogP contribution in [0.4, 0.5) is 23.5 Å². The van der Waals surface area contributed by atoms with E-state index in [0.29, 0.717) is 12.1 Å². The first kappa shape index (κ1) is 23.2. The molecular formula is C20H22F4N6O2. The van der Waals surface area contributed by atoms with Gasteiger partial charge in [-0.25, -0.2) is 23.1 Å². The number of guanidine groups is 1. The van der Waals surface area contributed by atoms with Crippen molar-refractivity contribution in [3.8, 4) is 5.88 Å². The monoisotopic (exact) mass is 454 g/mol. The van der Waals surface area contributed by atoms with E-state index in [4.69, 9.17) is 10.5 Å². The Bertz CT molecular complexity index is 1110. The third kappa shape index (κ3) is 3.80. The predicted octanol–water partition coefficient (Wildman–Crippen LogP) is 2.10. The van der Waals surface area contributed by atoms with Crippen LogP contribution < -0.4 is 15.4 Å². The Hall–Kier alpha value is -3.44. The molecule has 2 N–H and O–H groups in total. The quantitative estimate of drug-likeness (QED) is 0.549. The molecule has 1 aromatic heterocycles. The number of ether oxygens (including phenoxy) is 1. The molecular weight excluding hydrogens is 432 g/mol. The van der Waals surface area contributed by atoms with Crippen molar-refractivity contribution in [1.82, 2.24) is 14.9 Å². The van der Waals surface area contributed by atoms with Crippen LogP contribution in [0.15, 0.2) is 17.1 Å². The minimum absolute atomic E-state index is 0.0162. The predicted molar refractivity (Wildman–Crippen MR) is 108 cm³/mol. The molecule has 2 atom stereocenters. The van der Waals surface area contributed by atoms with Gasteiger partial charge in [-0.3, -0.25) is 9.69 Å². The maximum atomic E-state index is 14.7. The molecule has 0 saturated heterocycles.